The van der Waals surface area contributed by atoms with Crippen molar-refractivity contribution in [2.75, 3.05) is 0 Å². The van der Waals surface area contributed by atoms with Crippen LogP contribution in [0.2, 0.25) is 0 Å². The second-order valence-corrected chi connectivity index (χ2v) is 5.72. The quantitative estimate of drug-likeness (QED) is 0.561. The molecule has 128 valence electrons. The van der Waals surface area contributed by atoms with Crippen molar-refractivity contribution in [2.24, 2.45) is 0 Å². The molecule has 0 spiro atoms. The standard InChI is InChI=1S/C19H16O6/c1-10-4-3-5-14(17(10)22)19(23)24-9-12-8-16(21)25-18-11(2)15(20)7-6-13(12)18/h3-8,20,22H,9H2,1-2H3. The molecule has 3 rings (SSSR count). The average Bonchev–Trinajstić information content (AvgIpc) is 2.58. The van der Waals surface area contributed by atoms with Gasteiger partial charge in [-0.2, -0.15) is 0 Å². The van der Waals surface area contributed by atoms with Gasteiger partial charge in [-0.1, -0.05) is 12.1 Å². The SMILES string of the molecule is Cc1cccc(C(=O)OCc2cc(=O)oc3c(C)c(O)ccc23)c1O. The number of phenolic OH excluding ortho intramolecular Hbond substituents is 2. The van der Waals surface area contributed by atoms with Crippen LogP contribution in [0, 0.1) is 13.8 Å². The first-order valence-electron chi connectivity index (χ1n) is 7.59. The van der Waals surface area contributed by atoms with E-state index in [0.29, 0.717) is 22.1 Å². The number of rotatable bonds is 3. The Labute approximate surface area is 142 Å². The van der Waals surface area contributed by atoms with Crippen molar-refractivity contribution in [3.8, 4) is 11.5 Å². The topological polar surface area (TPSA) is 97.0 Å². The molecule has 0 bridgehead atoms. The Morgan fingerprint density at radius 2 is 1.92 bits per heavy atom. The summed E-state index contributed by atoms with van der Waals surface area (Å²) in [6.45, 7) is 3.14. The summed E-state index contributed by atoms with van der Waals surface area (Å²) in [5.41, 5.74) is 1.14. The van der Waals surface area contributed by atoms with Gasteiger partial charge in [-0.3, -0.25) is 0 Å². The van der Waals surface area contributed by atoms with Gasteiger partial charge in [0.15, 0.2) is 0 Å². The monoisotopic (exact) mass is 340 g/mol. The Hall–Kier alpha value is -3.28. The van der Waals surface area contributed by atoms with E-state index < -0.39 is 11.6 Å². The predicted molar refractivity (Wildman–Crippen MR) is 90.8 cm³/mol. The molecule has 1 aromatic heterocycles. The maximum absolute atomic E-state index is 12.2. The van der Waals surface area contributed by atoms with Gasteiger partial charge in [-0.15, -0.1) is 0 Å². The van der Waals surface area contributed by atoms with Gasteiger partial charge in [-0.05, 0) is 37.6 Å². The van der Waals surface area contributed by atoms with E-state index in [2.05, 4.69) is 0 Å². The molecule has 6 heteroatoms. The number of phenols is 2. The van der Waals surface area contributed by atoms with E-state index in [-0.39, 0.29) is 29.3 Å². The summed E-state index contributed by atoms with van der Waals surface area (Å²) in [6.07, 6.45) is 0. The molecule has 0 amide bonds. The third-order valence-corrected chi connectivity index (χ3v) is 4.03. The van der Waals surface area contributed by atoms with Crippen molar-refractivity contribution >= 4 is 16.9 Å². The van der Waals surface area contributed by atoms with Crippen molar-refractivity contribution in [1.29, 1.82) is 0 Å². The van der Waals surface area contributed by atoms with Gasteiger partial charge in [0.2, 0.25) is 0 Å². The summed E-state index contributed by atoms with van der Waals surface area (Å²) in [4.78, 5) is 24.0. The first-order chi connectivity index (χ1) is 11.9. The molecule has 0 atom stereocenters. The van der Waals surface area contributed by atoms with Crippen molar-refractivity contribution in [3.05, 3.63) is 69.1 Å². The van der Waals surface area contributed by atoms with Crippen molar-refractivity contribution in [3.63, 3.8) is 0 Å². The largest absolute Gasteiger partial charge is 0.508 e. The number of para-hydroxylation sites is 1. The van der Waals surface area contributed by atoms with Gasteiger partial charge in [0, 0.05) is 22.6 Å². The van der Waals surface area contributed by atoms with Crippen LogP contribution in [0.15, 0.2) is 45.6 Å². The van der Waals surface area contributed by atoms with E-state index in [0.717, 1.165) is 0 Å². The summed E-state index contributed by atoms with van der Waals surface area (Å²) in [6, 6.07) is 9.09. The lowest BCUT2D eigenvalue weighted by atomic mass is 10.1. The van der Waals surface area contributed by atoms with E-state index in [1.54, 1.807) is 32.0 Å². The second kappa shape index (κ2) is 6.32. The lowest BCUT2D eigenvalue weighted by Gasteiger charge is -2.10. The maximum atomic E-state index is 12.2. The highest BCUT2D eigenvalue weighted by molar-refractivity contribution is 5.93. The Balaban J connectivity index is 1.94. The zero-order valence-corrected chi connectivity index (χ0v) is 13.7. The first-order valence-corrected chi connectivity index (χ1v) is 7.59. The fourth-order valence-electron chi connectivity index (χ4n) is 2.58. The molecule has 0 radical (unpaired) electrons. The molecular weight excluding hydrogens is 324 g/mol. The van der Waals surface area contributed by atoms with Gasteiger partial charge in [0.25, 0.3) is 0 Å². The van der Waals surface area contributed by atoms with Gasteiger partial charge < -0.3 is 19.4 Å². The van der Waals surface area contributed by atoms with Crippen LogP contribution in [0.3, 0.4) is 0 Å². The summed E-state index contributed by atoms with van der Waals surface area (Å²) >= 11 is 0. The lowest BCUT2D eigenvalue weighted by molar-refractivity contribution is 0.0470. The summed E-state index contributed by atoms with van der Waals surface area (Å²) in [7, 11) is 0. The number of esters is 1. The van der Waals surface area contributed by atoms with Crippen LogP contribution in [-0.2, 0) is 11.3 Å². The molecule has 2 aromatic carbocycles. The van der Waals surface area contributed by atoms with E-state index in [1.807, 2.05) is 0 Å². The minimum absolute atomic E-state index is 0.00878. The number of aromatic hydroxyl groups is 2. The molecule has 25 heavy (non-hydrogen) atoms. The number of ether oxygens (including phenoxy) is 1. The number of aryl methyl sites for hydroxylation is 2. The summed E-state index contributed by atoms with van der Waals surface area (Å²) < 4.78 is 10.4. The fraction of sp³-hybridized carbons (Fsp3) is 0.158. The van der Waals surface area contributed by atoms with Gasteiger partial charge in [0.1, 0.15) is 29.3 Å². The molecule has 0 saturated heterocycles. The van der Waals surface area contributed by atoms with E-state index in [9.17, 15) is 19.8 Å². The van der Waals surface area contributed by atoms with Crippen LogP contribution in [0.25, 0.3) is 11.0 Å². The summed E-state index contributed by atoms with van der Waals surface area (Å²) in [5, 5.41) is 20.3. The molecule has 0 aliphatic carbocycles. The van der Waals surface area contributed by atoms with Gasteiger partial charge in [0.05, 0.1) is 0 Å². The normalized spacial score (nSPS) is 10.8. The van der Waals surface area contributed by atoms with Crippen LogP contribution >= 0.6 is 0 Å². The van der Waals surface area contributed by atoms with E-state index in [1.165, 1.54) is 18.2 Å². The molecule has 6 nitrogen and oxygen atoms in total. The smallest absolute Gasteiger partial charge is 0.342 e. The van der Waals surface area contributed by atoms with Gasteiger partial charge >= 0.3 is 11.6 Å². The predicted octanol–water partition coefficient (Wildman–Crippen LogP) is 3.18. The van der Waals surface area contributed by atoms with Crippen molar-refractivity contribution < 1.29 is 24.2 Å². The summed E-state index contributed by atoms with van der Waals surface area (Å²) in [5.74, 6) is -0.821. The molecule has 1 heterocycles. The highest BCUT2D eigenvalue weighted by atomic mass is 16.5. The Kier molecular flexibility index (Phi) is 4.19. The third-order valence-electron chi connectivity index (χ3n) is 4.03. The zero-order valence-electron chi connectivity index (χ0n) is 13.7. The number of carbonyl (C=O) groups excluding carboxylic acids is 1. The van der Waals surface area contributed by atoms with Crippen LogP contribution in [0.4, 0.5) is 0 Å². The number of hydrogen-bond acceptors (Lipinski definition) is 6. The van der Waals surface area contributed by atoms with E-state index in [4.69, 9.17) is 9.15 Å². The Morgan fingerprint density at radius 3 is 2.68 bits per heavy atom. The van der Waals surface area contributed by atoms with Crippen LogP contribution in [0.5, 0.6) is 11.5 Å². The zero-order chi connectivity index (χ0) is 18.1. The van der Waals surface area contributed by atoms with E-state index >= 15 is 0 Å². The number of hydrogen-bond donors (Lipinski definition) is 2. The van der Waals surface area contributed by atoms with Gasteiger partial charge in [-0.25, -0.2) is 9.59 Å². The number of fused-ring (bicyclic) bond motifs is 1. The minimum atomic E-state index is -0.696. The fourth-order valence-corrected chi connectivity index (χ4v) is 2.58. The molecule has 0 fully saturated rings. The molecular formula is C19H16O6. The second-order valence-electron chi connectivity index (χ2n) is 5.72. The number of carbonyl (C=O) groups is 1. The minimum Gasteiger partial charge on any atom is -0.508 e. The third kappa shape index (κ3) is 3.06. The molecule has 0 aliphatic rings. The van der Waals surface area contributed by atoms with Crippen LogP contribution in [-0.4, -0.2) is 16.2 Å². The molecule has 0 aliphatic heterocycles. The molecule has 0 saturated carbocycles. The molecule has 0 unspecified atom stereocenters. The van der Waals surface area contributed by atoms with Crippen LogP contribution < -0.4 is 5.63 Å². The number of benzene rings is 2. The Bertz CT molecular complexity index is 1030. The lowest BCUT2D eigenvalue weighted by Crippen LogP contribution is -2.08. The molecule has 3 aromatic rings. The van der Waals surface area contributed by atoms with Crippen LogP contribution in [0.1, 0.15) is 27.0 Å². The Morgan fingerprint density at radius 1 is 1.16 bits per heavy atom. The highest BCUT2D eigenvalue weighted by Crippen LogP contribution is 2.28. The first kappa shape index (κ1) is 16.6. The van der Waals surface area contributed by atoms with Crippen molar-refractivity contribution in [1.82, 2.24) is 0 Å². The van der Waals surface area contributed by atoms with Crippen molar-refractivity contribution in [2.45, 2.75) is 20.5 Å². The highest BCUT2D eigenvalue weighted by Gasteiger charge is 2.16. The molecule has 2 N–H and O–H groups in total. The average molecular weight is 340 g/mol. The maximum Gasteiger partial charge on any atom is 0.342 e.